The van der Waals surface area contributed by atoms with Crippen molar-refractivity contribution < 1.29 is 10.2 Å². The fourth-order valence-corrected chi connectivity index (χ4v) is 2.15. The molecule has 0 spiro atoms. The highest BCUT2D eigenvalue weighted by Crippen LogP contribution is 2.41. The highest BCUT2D eigenvalue weighted by atomic mass is 35.5. The first kappa shape index (κ1) is 17.1. The number of rotatable bonds is 8. The molecule has 0 atom stereocenters. The second-order valence-electron chi connectivity index (χ2n) is 4.57. The molecule has 124 valence electrons. The summed E-state index contributed by atoms with van der Waals surface area (Å²) in [6.45, 7) is 0.606. The highest BCUT2D eigenvalue weighted by molar-refractivity contribution is 6.37. The Kier molecular flexibility index (Phi) is 6.21. The van der Waals surface area contributed by atoms with Crippen LogP contribution in [-0.4, -0.2) is 46.5 Å². The number of aliphatic hydroxyl groups is 2. The van der Waals surface area contributed by atoms with Gasteiger partial charge in [-0.15, -0.1) is 0 Å². The van der Waals surface area contributed by atoms with Gasteiger partial charge in [-0.25, -0.2) is 9.97 Å². The summed E-state index contributed by atoms with van der Waals surface area (Å²) in [5.41, 5.74) is 8.16. The molecule has 8 nitrogen and oxygen atoms in total. The van der Waals surface area contributed by atoms with Crippen LogP contribution in [0.3, 0.4) is 0 Å². The molecule has 1 aromatic carbocycles. The summed E-state index contributed by atoms with van der Waals surface area (Å²) in [7, 11) is 0. The molecular formula is C14H19ClN6O2. The summed E-state index contributed by atoms with van der Waals surface area (Å²) < 4.78 is 0. The van der Waals surface area contributed by atoms with Gasteiger partial charge in [0, 0.05) is 25.5 Å². The van der Waals surface area contributed by atoms with Gasteiger partial charge < -0.3 is 31.9 Å². The summed E-state index contributed by atoms with van der Waals surface area (Å²) in [6, 6.07) is 3.45. The van der Waals surface area contributed by atoms with Crippen LogP contribution in [0.5, 0.6) is 0 Å². The molecule has 1 heterocycles. The number of nitrogen functional groups attached to an aromatic ring is 1. The molecule has 0 fully saturated rings. The van der Waals surface area contributed by atoms with Crippen LogP contribution in [0.15, 0.2) is 24.5 Å². The fourth-order valence-electron chi connectivity index (χ4n) is 1.94. The number of nitrogens with one attached hydrogen (secondary N) is 3. The molecule has 9 heteroatoms. The summed E-state index contributed by atoms with van der Waals surface area (Å²) in [6.07, 6.45) is 3.20. The number of nitrogens with two attached hydrogens (primary N) is 1. The van der Waals surface area contributed by atoms with Crippen LogP contribution in [0.25, 0.3) is 0 Å². The lowest BCUT2D eigenvalue weighted by atomic mass is 10.2. The van der Waals surface area contributed by atoms with Crippen LogP contribution in [0.4, 0.5) is 28.7 Å². The molecule has 0 bridgehead atoms. The van der Waals surface area contributed by atoms with E-state index in [0.29, 0.717) is 46.8 Å². The maximum atomic E-state index is 9.03. The second kappa shape index (κ2) is 8.37. The van der Waals surface area contributed by atoms with Gasteiger partial charge >= 0.3 is 0 Å². The molecule has 0 saturated heterocycles. The number of nitrogens with zero attached hydrogens (tertiary/aromatic N) is 2. The summed E-state index contributed by atoms with van der Waals surface area (Å²) in [4.78, 5) is 8.18. The molecule has 0 saturated carbocycles. The molecule has 0 unspecified atom stereocenters. The number of benzene rings is 1. The van der Waals surface area contributed by atoms with Crippen molar-refractivity contribution in [3.8, 4) is 0 Å². The maximum Gasteiger partial charge on any atom is 0.227 e. The Labute approximate surface area is 138 Å². The standard InChI is InChI=1S/C14H19ClN6O2/c15-11-9(17-4-6-22)8-10(18-5-7-23)13(12(11)16)21-14-19-2-1-3-20-14/h1-3,8,17-18,22-23H,4-7,16H2,(H,19,20,21). The van der Waals surface area contributed by atoms with Crippen molar-refractivity contribution in [3.63, 3.8) is 0 Å². The summed E-state index contributed by atoms with van der Waals surface area (Å²) >= 11 is 6.28. The smallest absolute Gasteiger partial charge is 0.227 e. The first-order valence-electron chi connectivity index (χ1n) is 7.02. The SMILES string of the molecule is Nc1c(Cl)c(NCCO)cc(NCCO)c1Nc1ncccn1. The second-order valence-corrected chi connectivity index (χ2v) is 4.95. The van der Waals surface area contributed by atoms with Crippen LogP contribution in [-0.2, 0) is 0 Å². The topological polar surface area (TPSA) is 128 Å². The van der Waals surface area contributed by atoms with Gasteiger partial charge in [0.15, 0.2) is 0 Å². The van der Waals surface area contributed by atoms with Crippen LogP contribution < -0.4 is 21.7 Å². The van der Waals surface area contributed by atoms with E-state index in [1.54, 1.807) is 24.5 Å². The molecule has 23 heavy (non-hydrogen) atoms. The molecule has 0 aliphatic carbocycles. The van der Waals surface area contributed by atoms with Gasteiger partial charge in [-0.3, -0.25) is 0 Å². The minimum atomic E-state index is -0.0385. The largest absolute Gasteiger partial charge is 0.396 e. The fraction of sp³-hybridized carbons (Fsp3) is 0.286. The van der Waals surface area contributed by atoms with E-state index in [9.17, 15) is 0 Å². The summed E-state index contributed by atoms with van der Waals surface area (Å²) in [5, 5.41) is 27.4. The van der Waals surface area contributed by atoms with Gasteiger partial charge in [0.1, 0.15) is 0 Å². The van der Waals surface area contributed by atoms with E-state index in [4.69, 9.17) is 27.5 Å². The van der Waals surface area contributed by atoms with E-state index in [1.165, 1.54) is 0 Å². The van der Waals surface area contributed by atoms with Gasteiger partial charge in [-0.1, -0.05) is 11.6 Å². The van der Waals surface area contributed by atoms with E-state index in [0.717, 1.165) is 0 Å². The molecule has 7 N–H and O–H groups in total. The number of anilines is 5. The lowest BCUT2D eigenvalue weighted by Gasteiger charge is -2.19. The molecule has 0 radical (unpaired) electrons. The quantitative estimate of drug-likeness (QED) is 0.397. The van der Waals surface area contributed by atoms with Gasteiger partial charge in [-0.05, 0) is 12.1 Å². The van der Waals surface area contributed by atoms with Gasteiger partial charge in [0.05, 0.1) is 41.0 Å². The average molecular weight is 339 g/mol. The van der Waals surface area contributed by atoms with E-state index in [2.05, 4.69) is 25.9 Å². The van der Waals surface area contributed by atoms with Gasteiger partial charge in [0.2, 0.25) is 5.95 Å². The van der Waals surface area contributed by atoms with Crippen molar-refractivity contribution in [2.45, 2.75) is 0 Å². The zero-order chi connectivity index (χ0) is 16.7. The van der Waals surface area contributed by atoms with E-state index < -0.39 is 0 Å². The van der Waals surface area contributed by atoms with Crippen molar-refractivity contribution in [1.82, 2.24) is 9.97 Å². The third-order valence-electron chi connectivity index (χ3n) is 2.96. The van der Waals surface area contributed by atoms with Gasteiger partial charge in [-0.2, -0.15) is 0 Å². The van der Waals surface area contributed by atoms with Crippen molar-refractivity contribution in [3.05, 3.63) is 29.5 Å². The first-order chi connectivity index (χ1) is 11.2. The third-order valence-corrected chi connectivity index (χ3v) is 3.36. The Morgan fingerprint density at radius 1 is 1.04 bits per heavy atom. The van der Waals surface area contributed by atoms with E-state index >= 15 is 0 Å². The molecule has 2 aromatic rings. The normalized spacial score (nSPS) is 10.4. The monoisotopic (exact) mass is 338 g/mol. The number of aliphatic hydroxyl groups excluding tert-OH is 2. The lowest BCUT2D eigenvalue weighted by Crippen LogP contribution is -2.12. The third kappa shape index (κ3) is 4.35. The molecule has 0 amide bonds. The van der Waals surface area contributed by atoms with E-state index in [1.807, 2.05) is 0 Å². The van der Waals surface area contributed by atoms with Crippen LogP contribution in [0.1, 0.15) is 0 Å². The van der Waals surface area contributed by atoms with Crippen LogP contribution in [0.2, 0.25) is 5.02 Å². The predicted molar refractivity (Wildman–Crippen MR) is 92.3 cm³/mol. The van der Waals surface area contributed by atoms with Crippen molar-refractivity contribution in [2.24, 2.45) is 0 Å². The number of halogens is 1. The van der Waals surface area contributed by atoms with Crippen LogP contribution in [0, 0.1) is 0 Å². The zero-order valence-corrected chi connectivity index (χ0v) is 13.1. The number of hydrogen-bond donors (Lipinski definition) is 6. The summed E-state index contributed by atoms with van der Waals surface area (Å²) in [5.74, 6) is 0.374. The Hall–Kier alpha value is -2.29. The van der Waals surface area contributed by atoms with Crippen molar-refractivity contribution in [1.29, 1.82) is 0 Å². The molecule has 0 aliphatic rings. The zero-order valence-electron chi connectivity index (χ0n) is 12.4. The average Bonchev–Trinajstić information content (AvgIpc) is 2.58. The minimum absolute atomic E-state index is 0.0342. The van der Waals surface area contributed by atoms with E-state index in [-0.39, 0.29) is 13.2 Å². The molecular weight excluding hydrogens is 320 g/mol. The Bertz CT molecular complexity index is 641. The molecule has 0 aliphatic heterocycles. The Morgan fingerprint density at radius 3 is 2.26 bits per heavy atom. The minimum Gasteiger partial charge on any atom is -0.396 e. The number of aromatic nitrogens is 2. The Morgan fingerprint density at radius 2 is 1.65 bits per heavy atom. The molecule has 2 rings (SSSR count). The first-order valence-corrected chi connectivity index (χ1v) is 7.40. The predicted octanol–water partition coefficient (Wildman–Crippen LogP) is 1.26. The molecule has 1 aromatic heterocycles. The maximum absolute atomic E-state index is 9.03. The Balaban J connectivity index is 2.39. The van der Waals surface area contributed by atoms with Crippen molar-refractivity contribution >= 4 is 40.3 Å². The van der Waals surface area contributed by atoms with Crippen LogP contribution >= 0.6 is 11.6 Å². The number of hydrogen-bond acceptors (Lipinski definition) is 8. The highest BCUT2D eigenvalue weighted by Gasteiger charge is 2.15. The van der Waals surface area contributed by atoms with Crippen molar-refractivity contribution in [2.75, 3.05) is 48.0 Å². The van der Waals surface area contributed by atoms with Gasteiger partial charge in [0.25, 0.3) is 0 Å². The lowest BCUT2D eigenvalue weighted by molar-refractivity contribution is 0.311.